The number of thiophene rings is 1. The molecule has 2 nitrogen and oxygen atoms in total. The van der Waals surface area contributed by atoms with Gasteiger partial charge >= 0.3 is 0 Å². The van der Waals surface area contributed by atoms with Crippen molar-refractivity contribution in [3.05, 3.63) is 57.2 Å². The minimum Gasteiger partial charge on any atom is -0.394 e. The van der Waals surface area contributed by atoms with Crippen molar-refractivity contribution < 1.29 is 9.84 Å². The fraction of sp³-hybridized carbons (Fsp3) is 0.231. The van der Waals surface area contributed by atoms with Crippen LogP contribution >= 0.6 is 22.9 Å². The highest BCUT2D eigenvalue weighted by Crippen LogP contribution is 2.30. The van der Waals surface area contributed by atoms with Crippen LogP contribution in [0.5, 0.6) is 0 Å². The Hall–Kier alpha value is -0.870. The van der Waals surface area contributed by atoms with Gasteiger partial charge in [-0.25, -0.2) is 0 Å². The molecule has 1 aromatic carbocycles. The highest BCUT2D eigenvalue weighted by Gasteiger charge is 2.15. The van der Waals surface area contributed by atoms with E-state index < -0.39 is 0 Å². The number of rotatable bonds is 5. The molecule has 1 heterocycles. The minimum absolute atomic E-state index is 0.0233. The number of hydrogen-bond donors (Lipinski definition) is 1. The zero-order valence-corrected chi connectivity index (χ0v) is 10.7. The third-order valence-corrected chi connectivity index (χ3v) is 3.52. The van der Waals surface area contributed by atoms with Crippen LogP contribution in [-0.2, 0) is 4.74 Å². The van der Waals surface area contributed by atoms with Gasteiger partial charge in [-0.05, 0) is 29.1 Å². The van der Waals surface area contributed by atoms with Crippen molar-refractivity contribution in [2.24, 2.45) is 0 Å². The lowest BCUT2D eigenvalue weighted by Gasteiger charge is -2.16. The van der Waals surface area contributed by atoms with E-state index in [-0.39, 0.29) is 12.7 Å². The van der Waals surface area contributed by atoms with E-state index in [4.69, 9.17) is 21.4 Å². The number of aliphatic hydroxyl groups is 1. The lowest BCUT2D eigenvalue weighted by molar-refractivity contribution is 0.0519. The number of ether oxygens (including phenoxy) is 1. The predicted octanol–water partition coefficient (Wildman–Crippen LogP) is 3.50. The molecule has 0 aliphatic carbocycles. The van der Waals surface area contributed by atoms with Gasteiger partial charge in [0, 0.05) is 9.90 Å². The van der Waals surface area contributed by atoms with Crippen LogP contribution in [0.3, 0.4) is 0 Å². The first-order valence-electron chi connectivity index (χ1n) is 5.32. The second kappa shape index (κ2) is 6.17. The van der Waals surface area contributed by atoms with Gasteiger partial charge in [0.05, 0.1) is 13.2 Å². The lowest BCUT2D eigenvalue weighted by Crippen LogP contribution is -2.08. The number of benzene rings is 1. The topological polar surface area (TPSA) is 29.5 Å². The molecule has 1 N–H and O–H groups in total. The first-order chi connectivity index (χ1) is 8.31. The van der Waals surface area contributed by atoms with Crippen LogP contribution in [-0.4, -0.2) is 18.3 Å². The van der Waals surface area contributed by atoms with Crippen LogP contribution in [0.1, 0.15) is 16.5 Å². The highest BCUT2D eigenvalue weighted by molar-refractivity contribution is 7.10. The Morgan fingerprint density at radius 1 is 1.24 bits per heavy atom. The molecule has 0 radical (unpaired) electrons. The zero-order valence-electron chi connectivity index (χ0n) is 9.17. The minimum atomic E-state index is -0.126. The van der Waals surface area contributed by atoms with Crippen molar-refractivity contribution in [2.45, 2.75) is 6.10 Å². The molecule has 0 aliphatic heterocycles. The van der Waals surface area contributed by atoms with Gasteiger partial charge < -0.3 is 9.84 Å². The molecule has 4 heteroatoms. The quantitative estimate of drug-likeness (QED) is 0.899. The van der Waals surface area contributed by atoms with Crippen molar-refractivity contribution in [1.82, 2.24) is 0 Å². The summed E-state index contributed by atoms with van der Waals surface area (Å²) in [5, 5.41) is 11.6. The molecular formula is C13H13ClO2S. The van der Waals surface area contributed by atoms with Gasteiger partial charge in [0.1, 0.15) is 6.10 Å². The number of aliphatic hydroxyl groups excluding tert-OH is 1. The van der Waals surface area contributed by atoms with Crippen molar-refractivity contribution >= 4 is 22.9 Å². The molecule has 17 heavy (non-hydrogen) atoms. The van der Waals surface area contributed by atoms with Crippen LogP contribution in [0.2, 0.25) is 5.02 Å². The SMILES string of the molecule is OCCOC(c1ccc(Cl)cc1)c1cccs1. The zero-order chi connectivity index (χ0) is 12.1. The molecule has 2 aromatic rings. The van der Waals surface area contributed by atoms with Crippen LogP contribution in [0.15, 0.2) is 41.8 Å². The molecule has 0 saturated carbocycles. The van der Waals surface area contributed by atoms with Gasteiger partial charge in [0.2, 0.25) is 0 Å². The van der Waals surface area contributed by atoms with E-state index in [0.717, 1.165) is 10.4 Å². The van der Waals surface area contributed by atoms with E-state index in [1.807, 2.05) is 41.8 Å². The average Bonchev–Trinajstić information content (AvgIpc) is 2.85. The Balaban J connectivity index is 2.23. The maximum absolute atomic E-state index is 8.86. The Labute approximate surface area is 109 Å². The van der Waals surface area contributed by atoms with E-state index in [9.17, 15) is 0 Å². The molecule has 0 amide bonds. The molecule has 0 saturated heterocycles. The Bertz CT molecular complexity index is 439. The normalized spacial score (nSPS) is 12.6. The second-order valence-corrected chi connectivity index (χ2v) is 4.96. The summed E-state index contributed by atoms with van der Waals surface area (Å²) in [7, 11) is 0. The van der Waals surface area contributed by atoms with Crippen molar-refractivity contribution in [2.75, 3.05) is 13.2 Å². The number of halogens is 1. The second-order valence-electron chi connectivity index (χ2n) is 3.54. The van der Waals surface area contributed by atoms with E-state index >= 15 is 0 Å². The maximum Gasteiger partial charge on any atom is 0.117 e. The lowest BCUT2D eigenvalue weighted by atomic mass is 10.1. The van der Waals surface area contributed by atoms with Gasteiger partial charge in [0.15, 0.2) is 0 Å². The fourth-order valence-electron chi connectivity index (χ4n) is 1.59. The first-order valence-corrected chi connectivity index (χ1v) is 6.58. The summed E-state index contributed by atoms with van der Waals surface area (Å²) >= 11 is 7.51. The summed E-state index contributed by atoms with van der Waals surface area (Å²) in [6, 6.07) is 11.6. The largest absolute Gasteiger partial charge is 0.394 e. The van der Waals surface area contributed by atoms with Gasteiger partial charge in [-0.3, -0.25) is 0 Å². The van der Waals surface area contributed by atoms with Gasteiger partial charge in [-0.1, -0.05) is 29.8 Å². The van der Waals surface area contributed by atoms with Crippen molar-refractivity contribution in [3.8, 4) is 0 Å². The summed E-state index contributed by atoms with van der Waals surface area (Å²) < 4.78 is 5.68. The molecule has 1 aromatic heterocycles. The van der Waals surface area contributed by atoms with Gasteiger partial charge in [0.25, 0.3) is 0 Å². The monoisotopic (exact) mass is 268 g/mol. The summed E-state index contributed by atoms with van der Waals surface area (Å²) in [6.45, 7) is 0.348. The smallest absolute Gasteiger partial charge is 0.117 e. The third-order valence-electron chi connectivity index (χ3n) is 2.35. The van der Waals surface area contributed by atoms with E-state index in [2.05, 4.69) is 0 Å². The maximum atomic E-state index is 8.86. The molecule has 0 aliphatic rings. The Kier molecular flexibility index (Phi) is 4.57. The fourth-order valence-corrected chi connectivity index (χ4v) is 2.52. The van der Waals surface area contributed by atoms with Crippen LogP contribution in [0.25, 0.3) is 0 Å². The molecule has 90 valence electrons. The summed E-state index contributed by atoms with van der Waals surface area (Å²) in [6.07, 6.45) is -0.126. The number of hydrogen-bond acceptors (Lipinski definition) is 3. The van der Waals surface area contributed by atoms with Crippen LogP contribution in [0, 0.1) is 0 Å². The van der Waals surface area contributed by atoms with Crippen LogP contribution in [0.4, 0.5) is 0 Å². The molecule has 0 spiro atoms. The molecular weight excluding hydrogens is 256 g/mol. The van der Waals surface area contributed by atoms with E-state index in [1.54, 1.807) is 11.3 Å². The summed E-state index contributed by atoms with van der Waals surface area (Å²) in [4.78, 5) is 1.13. The van der Waals surface area contributed by atoms with Crippen LogP contribution < -0.4 is 0 Å². The third kappa shape index (κ3) is 3.30. The van der Waals surface area contributed by atoms with Crippen molar-refractivity contribution in [3.63, 3.8) is 0 Å². The van der Waals surface area contributed by atoms with Gasteiger partial charge in [-0.15, -0.1) is 11.3 Å². The summed E-state index contributed by atoms with van der Waals surface area (Å²) in [5.41, 5.74) is 1.05. The Morgan fingerprint density at radius 3 is 2.59 bits per heavy atom. The predicted molar refractivity (Wildman–Crippen MR) is 70.7 cm³/mol. The van der Waals surface area contributed by atoms with Crippen molar-refractivity contribution in [1.29, 1.82) is 0 Å². The van der Waals surface area contributed by atoms with E-state index in [1.165, 1.54) is 0 Å². The first kappa shape index (κ1) is 12.6. The highest BCUT2D eigenvalue weighted by atomic mass is 35.5. The molecule has 1 unspecified atom stereocenters. The summed E-state index contributed by atoms with van der Waals surface area (Å²) in [5.74, 6) is 0. The molecule has 2 rings (SSSR count). The molecule has 0 bridgehead atoms. The van der Waals surface area contributed by atoms with E-state index in [0.29, 0.717) is 11.6 Å². The molecule has 0 fully saturated rings. The standard InChI is InChI=1S/C13H13ClO2S/c14-11-5-3-10(4-6-11)13(16-8-7-15)12-2-1-9-17-12/h1-6,9,13,15H,7-8H2. The van der Waals surface area contributed by atoms with Gasteiger partial charge in [-0.2, -0.15) is 0 Å². The average molecular weight is 269 g/mol. The molecule has 1 atom stereocenters. The Morgan fingerprint density at radius 2 is 2.00 bits per heavy atom.